The standard InChI is InChI=1S/C9H5Cl2F3/c10-7-4-2-1-3-6(7)5-8(11)9(12,13)14/h1-5H/b8-5+. The van der Waals surface area contributed by atoms with E-state index >= 15 is 0 Å². The van der Waals surface area contributed by atoms with Crippen molar-refractivity contribution < 1.29 is 13.2 Å². The third kappa shape index (κ3) is 2.93. The summed E-state index contributed by atoms with van der Waals surface area (Å²) in [5.41, 5.74) is 0.247. The van der Waals surface area contributed by atoms with Gasteiger partial charge in [-0.05, 0) is 17.7 Å². The van der Waals surface area contributed by atoms with Crippen LogP contribution in [0.15, 0.2) is 29.3 Å². The van der Waals surface area contributed by atoms with Crippen LogP contribution in [0.2, 0.25) is 5.02 Å². The fourth-order valence-corrected chi connectivity index (χ4v) is 1.12. The van der Waals surface area contributed by atoms with Crippen LogP contribution >= 0.6 is 23.2 Å². The van der Waals surface area contributed by atoms with Gasteiger partial charge in [-0.2, -0.15) is 13.2 Å². The molecule has 0 aliphatic heterocycles. The molecule has 0 heterocycles. The first-order valence-corrected chi connectivity index (χ1v) is 4.36. The summed E-state index contributed by atoms with van der Waals surface area (Å²) in [5.74, 6) is 0. The van der Waals surface area contributed by atoms with Gasteiger partial charge in [-0.25, -0.2) is 0 Å². The van der Waals surface area contributed by atoms with Crippen LogP contribution in [0.1, 0.15) is 5.56 Å². The van der Waals surface area contributed by atoms with Gasteiger partial charge in [0.25, 0.3) is 0 Å². The van der Waals surface area contributed by atoms with E-state index in [2.05, 4.69) is 0 Å². The molecule has 0 fully saturated rings. The molecule has 1 rings (SSSR count). The average Bonchev–Trinajstić information content (AvgIpc) is 2.07. The third-order valence-corrected chi connectivity index (χ3v) is 2.13. The lowest BCUT2D eigenvalue weighted by Crippen LogP contribution is -2.06. The van der Waals surface area contributed by atoms with Crippen molar-refractivity contribution in [3.8, 4) is 0 Å². The predicted octanol–water partition coefficient (Wildman–Crippen LogP) is 4.48. The van der Waals surface area contributed by atoms with Crippen molar-refractivity contribution in [1.82, 2.24) is 0 Å². The van der Waals surface area contributed by atoms with Gasteiger partial charge in [0, 0.05) is 5.02 Å². The molecule has 1 aromatic carbocycles. The lowest BCUT2D eigenvalue weighted by molar-refractivity contribution is -0.0836. The Labute approximate surface area is 88.9 Å². The highest BCUT2D eigenvalue weighted by atomic mass is 35.5. The van der Waals surface area contributed by atoms with Crippen LogP contribution in [0, 0.1) is 0 Å². The average molecular weight is 241 g/mol. The van der Waals surface area contributed by atoms with E-state index in [-0.39, 0.29) is 10.6 Å². The maximum atomic E-state index is 12.0. The van der Waals surface area contributed by atoms with Gasteiger partial charge < -0.3 is 0 Å². The van der Waals surface area contributed by atoms with E-state index < -0.39 is 11.2 Å². The zero-order chi connectivity index (χ0) is 10.8. The van der Waals surface area contributed by atoms with Crippen LogP contribution in [-0.2, 0) is 0 Å². The summed E-state index contributed by atoms with van der Waals surface area (Å²) in [6.07, 6.45) is -3.73. The third-order valence-electron chi connectivity index (χ3n) is 1.46. The van der Waals surface area contributed by atoms with Crippen LogP contribution in [0.4, 0.5) is 13.2 Å². The Morgan fingerprint density at radius 2 is 1.79 bits per heavy atom. The second-order valence-corrected chi connectivity index (χ2v) is 3.33. The molecule has 0 aromatic heterocycles. The van der Waals surface area contributed by atoms with Gasteiger partial charge in [0.05, 0.1) is 0 Å². The van der Waals surface area contributed by atoms with Crippen molar-refractivity contribution >= 4 is 29.3 Å². The van der Waals surface area contributed by atoms with E-state index in [1.54, 1.807) is 12.1 Å². The van der Waals surface area contributed by atoms with Crippen molar-refractivity contribution in [2.45, 2.75) is 6.18 Å². The van der Waals surface area contributed by atoms with Crippen LogP contribution in [0.3, 0.4) is 0 Å². The minimum absolute atomic E-state index is 0.231. The summed E-state index contributed by atoms with van der Waals surface area (Å²) in [4.78, 5) is 0. The Kier molecular flexibility index (Phi) is 3.45. The number of benzene rings is 1. The first-order valence-electron chi connectivity index (χ1n) is 3.60. The zero-order valence-electron chi connectivity index (χ0n) is 6.78. The van der Waals surface area contributed by atoms with E-state index in [4.69, 9.17) is 23.2 Å². The number of hydrogen-bond acceptors (Lipinski definition) is 0. The van der Waals surface area contributed by atoms with Crippen LogP contribution in [-0.4, -0.2) is 6.18 Å². The highest BCUT2D eigenvalue weighted by Gasteiger charge is 2.32. The highest BCUT2D eigenvalue weighted by Crippen LogP contribution is 2.31. The Morgan fingerprint density at radius 3 is 2.29 bits per heavy atom. The summed E-state index contributed by atoms with van der Waals surface area (Å²) in [7, 11) is 0. The number of halogens is 5. The minimum atomic E-state index is -4.53. The molecule has 0 bridgehead atoms. The molecule has 1 aromatic rings. The van der Waals surface area contributed by atoms with Crippen LogP contribution in [0.5, 0.6) is 0 Å². The normalized spacial score (nSPS) is 13.1. The molecule has 0 aliphatic rings. The molecule has 0 unspecified atom stereocenters. The van der Waals surface area contributed by atoms with Crippen molar-refractivity contribution in [3.05, 3.63) is 39.9 Å². The van der Waals surface area contributed by atoms with E-state index in [1.165, 1.54) is 12.1 Å². The van der Waals surface area contributed by atoms with Gasteiger partial charge in [0.15, 0.2) is 0 Å². The molecule has 0 aliphatic carbocycles. The highest BCUT2D eigenvalue weighted by molar-refractivity contribution is 6.34. The summed E-state index contributed by atoms with van der Waals surface area (Å²) in [6, 6.07) is 6.16. The van der Waals surface area contributed by atoms with Crippen molar-refractivity contribution in [2.75, 3.05) is 0 Å². The van der Waals surface area contributed by atoms with Crippen molar-refractivity contribution in [2.24, 2.45) is 0 Å². The molecule has 0 radical (unpaired) electrons. The molecule has 0 N–H and O–H groups in total. The number of alkyl halides is 3. The fraction of sp³-hybridized carbons (Fsp3) is 0.111. The molecule has 0 nitrogen and oxygen atoms in total. The summed E-state index contributed by atoms with van der Waals surface area (Å²) < 4.78 is 36.1. The number of rotatable bonds is 1. The van der Waals surface area contributed by atoms with Gasteiger partial charge >= 0.3 is 6.18 Å². The van der Waals surface area contributed by atoms with Gasteiger partial charge in [-0.15, -0.1) is 0 Å². The van der Waals surface area contributed by atoms with E-state index in [9.17, 15) is 13.2 Å². The second kappa shape index (κ2) is 4.24. The van der Waals surface area contributed by atoms with Crippen LogP contribution < -0.4 is 0 Å². The Hall–Kier alpha value is -0.670. The minimum Gasteiger partial charge on any atom is -0.165 e. The van der Waals surface area contributed by atoms with E-state index in [1.807, 2.05) is 0 Å². The summed E-state index contributed by atoms with van der Waals surface area (Å²) >= 11 is 10.7. The Balaban J connectivity index is 3.04. The van der Waals surface area contributed by atoms with Gasteiger partial charge in [0.2, 0.25) is 0 Å². The first-order chi connectivity index (χ1) is 6.41. The maximum absolute atomic E-state index is 12.0. The molecular formula is C9H5Cl2F3. The molecule has 76 valence electrons. The topological polar surface area (TPSA) is 0 Å². The number of allylic oxidation sites excluding steroid dienone is 1. The van der Waals surface area contributed by atoms with Gasteiger partial charge in [-0.3, -0.25) is 0 Å². The first kappa shape index (κ1) is 11.4. The molecule has 0 saturated heterocycles. The number of hydrogen-bond donors (Lipinski definition) is 0. The smallest absolute Gasteiger partial charge is 0.165 e. The van der Waals surface area contributed by atoms with Gasteiger partial charge in [0.1, 0.15) is 5.03 Å². The SMILES string of the molecule is FC(F)(F)/C(Cl)=C\c1ccccc1Cl. The molecule has 0 amide bonds. The largest absolute Gasteiger partial charge is 0.426 e. The molecule has 0 atom stereocenters. The van der Waals surface area contributed by atoms with E-state index in [0.29, 0.717) is 0 Å². The van der Waals surface area contributed by atoms with Crippen molar-refractivity contribution in [1.29, 1.82) is 0 Å². The summed E-state index contributed by atoms with van der Waals surface area (Å²) in [6.45, 7) is 0. The van der Waals surface area contributed by atoms with Crippen LogP contribution in [0.25, 0.3) is 6.08 Å². The maximum Gasteiger partial charge on any atom is 0.426 e. The Morgan fingerprint density at radius 1 is 1.21 bits per heavy atom. The second-order valence-electron chi connectivity index (χ2n) is 2.51. The zero-order valence-corrected chi connectivity index (χ0v) is 8.29. The monoisotopic (exact) mass is 240 g/mol. The fourth-order valence-electron chi connectivity index (χ4n) is 0.811. The van der Waals surface area contributed by atoms with E-state index in [0.717, 1.165) is 6.08 Å². The predicted molar refractivity (Wildman–Crippen MR) is 51.3 cm³/mol. The lowest BCUT2D eigenvalue weighted by Gasteiger charge is -2.04. The molecular weight excluding hydrogens is 236 g/mol. The molecule has 0 spiro atoms. The lowest BCUT2D eigenvalue weighted by atomic mass is 10.2. The molecule has 5 heteroatoms. The molecule has 14 heavy (non-hydrogen) atoms. The van der Waals surface area contributed by atoms with Gasteiger partial charge in [-0.1, -0.05) is 41.4 Å². The quantitative estimate of drug-likeness (QED) is 0.679. The van der Waals surface area contributed by atoms with Crippen molar-refractivity contribution in [3.63, 3.8) is 0 Å². The molecule has 0 saturated carbocycles. The summed E-state index contributed by atoms with van der Waals surface area (Å²) in [5, 5.41) is -0.958. The Bertz CT molecular complexity index is 355.